The molecule has 3 heterocycles. The number of anilines is 1. The number of halogens is 1. The summed E-state index contributed by atoms with van der Waals surface area (Å²) in [5.41, 5.74) is -1.86. The first-order valence-corrected chi connectivity index (χ1v) is 10.8. The van der Waals surface area contributed by atoms with Gasteiger partial charge in [0.05, 0.1) is 5.39 Å². The van der Waals surface area contributed by atoms with Crippen LogP contribution in [0.4, 0.5) is 15.0 Å². The van der Waals surface area contributed by atoms with E-state index in [9.17, 15) is 18.8 Å². The Bertz CT molecular complexity index is 1180. The van der Waals surface area contributed by atoms with Crippen molar-refractivity contribution in [1.82, 2.24) is 19.5 Å². The predicted octanol–water partition coefficient (Wildman–Crippen LogP) is 1.49. The van der Waals surface area contributed by atoms with Gasteiger partial charge in [0.25, 0.3) is 5.56 Å². The van der Waals surface area contributed by atoms with Crippen LogP contribution in [-0.2, 0) is 4.74 Å². The summed E-state index contributed by atoms with van der Waals surface area (Å²) < 4.78 is 22.2. The molecule has 10 nitrogen and oxygen atoms in total. The summed E-state index contributed by atoms with van der Waals surface area (Å²) in [5, 5.41) is 2.83. The van der Waals surface area contributed by atoms with Gasteiger partial charge in [-0.05, 0) is 58.9 Å². The second-order valence-corrected chi connectivity index (χ2v) is 9.65. The van der Waals surface area contributed by atoms with E-state index in [4.69, 9.17) is 10.6 Å². The number of carbonyl (C=O) groups excluding carboxylic acids is 1. The number of ether oxygens (including phenoxy) is 1. The molecule has 2 aromatic rings. The predicted molar refractivity (Wildman–Crippen MR) is 118 cm³/mol. The van der Waals surface area contributed by atoms with E-state index >= 15 is 0 Å². The number of aromatic nitrogens is 3. The lowest BCUT2D eigenvalue weighted by Crippen LogP contribution is -2.45. The van der Waals surface area contributed by atoms with Gasteiger partial charge in [0.1, 0.15) is 5.60 Å². The molecule has 4 rings (SSSR count). The molecule has 1 aliphatic carbocycles. The minimum absolute atomic E-state index is 0.0176. The molecular weight excluding hydrogens is 419 g/mol. The van der Waals surface area contributed by atoms with Crippen molar-refractivity contribution < 1.29 is 13.9 Å². The van der Waals surface area contributed by atoms with Crippen LogP contribution < -0.4 is 27.3 Å². The Morgan fingerprint density at radius 3 is 2.62 bits per heavy atom. The highest BCUT2D eigenvalue weighted by Gasteiger charge is 2.33. The zero-order chi connectivity index (χ0) is 23.4. The number of amides is 1. The molecule has 0 bridgehead atoms. The number of nitrogens with one attached hydrogen (secondary N) is 1. The average Bonchev–Trinajstić information content (AvgIpc) is 3.40. The molecule has 3 N–H and O–H groups in total. The molecule has 0 aromatic carbocycles. The third-order valence-corrected chi connectivity index (χ3v) is 5.91. The molecule has 174 valence electrons. The number of hydrogen-bond donors (Lipinski definition) is 2. The van der Waals surface area contributed by atoms with Gasteiger partial charge in [-0.1, -0.05) is 0 Å². The fourth-order valence-corrected chi connectivity index (χ4v) is 4.12. The van der Waals surface area contributed by atoms with Crippen molar-refractivity contribution >= 4 is 22.9 Å². The molecule has 2 aromatic heterocycles. The maximum absolute atomic E-state index is 15.0. The quantitative estimate of drug-likeness (QED) is 0.679. The van der Waals surface area contributed by atoms with E-state index in [2.05, 4.69) is 10.3 Å². The van der Waals surface area contributed by atoms with Crippen molar-refractivity contribution in [2.45, 2.75) is 64.6 Å². The number of rotatable bonds is 4. The maximum atomic E-state index is 15.0. The Kier molecular flexibility index (Phi) is 5.38. The van der Waals surface area contributed by atoms with Crippen molar-refractivity contribution in [2.24, 2.45) is 5.92 Å². The third-order valence-electron chi connectivity index (χ3n) is 5.91. The smallest absolute Gasteiger partial charge is 0.407 e. The number of nitrogens with zero attached hydrogens (tertiary/aromatic N) is 4. The second kappa shape index (κ2) is 7.79. The fraction of sp³-hybridized carbons (Fsp3) is 0.619. The number of hydrogen-bond acceptors (Lipinski definition) is 7. The van der Waals surface area contributed by atoms with E-state index in [0.29, 0.717) is 17.8 Å². The van der Waals surface area contributed by atoms with E-state index < -0.39 is 28.8 Å². The number of nitrogen functional groups attached to an aromatic ring is 1. The third kappa shape index (κ3) is 4.15. The molecule has 32 heavy (non-hydrogen) atoms. The Morgan fingerprint density at radius 1 is 1.31 bits per heavy atom. The molecule has 11 heteroatoms. The van der Waals surface area contributed by atoms with Crippen LogP contribution in [0, 0.1) is 11.7 Å². The van der Waals surface area contributed by atoms with Crippen molar-refractivity contribution in [3.05, 3.63) is 32.7 Å². The minimum atomic E-state index is -0.769. The summed E-state index contributed by atoms with van der Waals surface area (Å²) >= 11 is 0. The van der Waals surface area contributed by atoms with Crippen LogP contribution in [0.25, 0.3) is 11.0 Å². The van der Waals surface area contributed by atoms with Crippen molar-refractivity contribution in [2.75, 3.05) is 23.8 Å². The normalized spacial score (nSPS) is 19.9. The highest BCUT2D eigenvalue weighted by atomic mass is 19.1. The molecule has 1 saturated heterocycles. The second-order valence-electron chi connectivity index (χ2n) is 9.65. The lowest BCUT2D eigenvalue weighted by Gasteiger charge is -2.25. The lowest BCUT2D eigenvalue weighted by molar-refractivity contribution is 0.0494. The van der Waals surface area contributed by atoms with Gasteiger partial charge >= 0.3 is 11.8 Å². The van der Waals surface area contributed by atoms with Gasteiger partial charge < -0.3 is 20.8 Å². The van der Waals surface area contributed by atoms with Gasteiger partial charge in [0, 0.05) is 25.2 Å². The first kappa shape index (κ1) is 22.1. The van der Waals surface area contributed by atoms with Crippen molar-refractivity contribution in [1.29, 1.82) is 0 Å². The van der Waals surface area contributed by atoms with Crippen LogP contribution in [0.2, 0.25) is 0 Å². The topological polar surface area (TPSA) is 124 Å². The molecule has 0 spiro atoms. The molecule has 0 radical (unpaired) electrons. The van der Waals surface area contributed by atoms with Crippen LogP contribution in [0.15, 0.2) is 15.7 Å². The number of nitrogens with two attached hydrogens (primary N) is 1. The summed E-state index contributed by atoms with van der Waals surface area (Å²) in [6.45, 7) is 8.27. The molecule has 1 aliphatic heterocycles. The van der Waals surface area contributed by atoms with Gasteiger partial charge in [-0.25, -0.2) is 19.0 Å². The Balaban J connectivity index is 1.59. The maximum Gasteiger partial charge on any atom is 0.407 e. The Hall–Kier alpha value is -3.11. The first-order chi connectivity index (χ1) is 15.0. The van der Waals surface area contributed by atoms with Crippen molar-refractivity contribution in [3.8, 4) is 0 Å². The first-order valence-electron chi connectivity index (χ1n) is 10.8. The standard InChI is InChI=1S/C21H29FN6O4/c1-11(24-19(30)32-21(2,3)4)12-7-8-26(10-12)17-15(22)9-14-16(25-17)27(13-5-6-13)20(31)28(23)18(14)29/h9,11-13H,5-8,10,23H2,1-4H3,(H,24,30)/t11-,12+/m0/s1. The largest absolute Gasteiger partial charge is 0.444 e. The molecule has 2 atom stereocenters. The zero-order valence-electron chi connectivity index (χ0n) is 18.7. The Morgan fingerprint density at radius 2 is 2.00 bits per heavy atom. The molecular formula is C21H29FN6O4. The van der Waals surface area contributed by atoms with Crippen LogP contribution in [0.5, 0.6) is 0 Å². The minimum Gasteiger partial charge on any atom is -0.444 e. The number of alkyl carbamates (subject to hydrolysis) is 1. The molecule has 0 unspecified atom stereocenters. The van der Waals surface area contributed by atoms with E-state index in [-0.39, 0.29) is 34.9 Å². The summed E-state index contributed by atoms with van der Waals surface area (Å²) in [7, 11) is 0. The highest BCUT2D eigenvalue weighted by Crippen LogP contribution is 2.36. The summed E-state index contributed by atoms with van der Waals surface area (Å²) in [4.78, 5) is 43.3. The molecule has 2 fully saturated rings. The van der Waals surface area contributed by atoms with Crippen LogP contribution in [0.3, 0.4) is 0 Å². The van der Waals surface area contributed by atoms with Crippen LogP contribution >= 0.6 is 0 Å². The summed E-state index contributed by atoms with van der Waals surface area (Å²) in [5.74, 6) is 5.12. The van der Waals surface area contributed by atoms with Crippen LogP contribution in [0.1, 0.15) is 53.0 Å². The molecule has 1 saturated carbocycles. The summed E-state index contributed by atoms with van der Waals surface area (Å²) in [6, 6.07) is 0.834. The summed E-state index contributed by atoms with van der Waals surface area (Å²) in [6.07, 6.45) is 1.78. The molecule has 1 amide bonds. The SMILES string of the molecule is C[C@H](NC(=O)OC(C)(C)C)[C@@H]1CCN(c2nc3c(cc2F)c(=O)n(N)c(=O)n3C2CC2)C1. The van der Waals surface area contributed by atoms with E-state index in [1.807, 2.05) is 6.92 Å². The fourth-order valence-electron chi connectivity index (χ4n) is 4.12. The molecule has 2 aliphatic rings. The van der Waals surface area contributed by atoms with Gasteiger partial charge in [0.2, 0.25) is 0 Å². The number of fused-ring (bicyclic) bond motifs is 1. The lowest BCUT2D eigenvalue weighted by atomic mass is 10.0. The zero-order valence-corrected chi connectivity index (χ0v) is 18.7. The van der Waals surface area contributed by atoms with E-state index in [0.717, 1.165) is 25.3 Å². The van der Waals surface area contributed by atoms with E-state index in [1.54, 1.807) is 25.7 Å². The van der Waals surface area contributed by atoms with E-state index in [1.165, 1.54) is 4.57 Å². The monoisotopic (exact) mass is 448 g/mol. The van der Waals surface area contributed by atoms with Gasteiger partial charge in [-0.3, -0.25) is 9.36 Å². The Labute approximate surface area is 184 Å². The van der Waals surface area contributed by atoms with Gasteiger partial charge in [-0.2, -0.15) is 4.68 Å². The number of pyridine rings is 1. The van der Waals surface area contributed by atoms with Gasteiger partial charge in [0.15, 0.2) is 17.3 Å². The van der Waals surface area contributed by atoms with Crippen LogP contribution in [-0.4, -0.2) is 45.1 Å². The number of carbonyl (C=O) groups is 1. The highest BCUT2D eigenvalue weighted by molar-refractivity contribution is 5.77. The average molecular weight is 448 g/mol. The van der Waals surface area contributed by atoms with Crippen molar-refractivity contribution in [3.63, 3.8) is 0 Å². The van der Waals surface area contributed by atoms with Gasteiger partial charge in [-0.15, -0.1) is 0 Å².